The Morgan fingerprint density at radius 1 is 0.466 bits per heavy atom. The van der Waals surface area contributed by atoms with Crippen LogP contribution in [0.1, 0.15) is 6.92 Å². The van der Waals surface area contributed by atoms with Gasteiger partial charge in [-0.3, -0.25) is 29.0 Å². The first kappa shape index (κ1) is 53.9. The average Bonchev–Trinajstić information content (AvgIpc) is 3.10. The van der Waals surface area contributed by atoms with E-state index in [-0.39, 0.29) is 124 Å². The second-order valence-corrected chi connectivity index (χ2v) is 12.4. The van der Waals surface area contributed by atoms with Gasteiger partial charge < -0.3 is 90.2 Å². The van der Waals surface area contributed by atoms with Crippen LogP contribution in [-0.4, -0.2) is 270 Å². The van der Waals surface area contributed by atoms with Crippen LogP contribution in [0.15, 0.2) is 0 Å². The SMILES string of the molecule is CC(=O)NCCN(CCNC(=O)N(CCOCCOCCN(CC(=O)O)CC(=O)O)CC(=O)O)C(=O)N(CCOCCOCCN(CC(O)O)CC(O)O)CC(O)O. The van der Waals surface area contributed by atoms with Crippen molar-refractivity contribution >= 4 is 35.9 Å². The number of hydrogen-bond donors (Lipinski definition) is 11. The van der Waals surface area contributed by atoms with E-state index in [4.69, 9.17) is 49.6 Å². The molecule has 0 aliphatic rings. The third kappa shape index (κ3) is 31.0. The van der Waals surface area contributed by atoms with E-state index in [1.165, 1.54) is 21.6 Å². The molecule has 0 aliphatic heterocycles. The number of carboxylic acid groups (broad SMARTS) is 3. The van der Waals surface area contributed by atoms with Crippen molar-refractivity contribution in [2.24, 2.45) is 0 Å². The van der Waals surface area contributed by atoms with Crippen LogP contribution in [-0.2, 0) is 38.1 Å². The van der Waals surface area contributed by atoms with Gasteiger partial charge in [-0.2, -0.15) is 0 Å². The topological polar surface area (TPSA) is 362 Å². The van der Waals surface area contributed by atoms with Gasteiger partial charge in [0, 0.05) is 72.4 Å². The summed E-state index contributed by atoms with van der Waals surface area (Å²) >= 11 is 0. The van der Waals surface area contributed by atoms with E-state index in [0.717, 1.165) is 9.80 Å². The minimum atomic E-state index is -1.92. The lowest BCUT2D eigenvalue weighted by Gasteiger charge is -2.31. The first-order valence-electron chi connectivity index (χ1n) is 18.2. The molecule has 0 atom stereocenters. The molecule has 0 heterocycles. The molecular formula is C32H61N7O19. The molecule has 0 saturated heterocycles. The maximum absolute atomic E-state index is 13.5. The lowest BCUT2D eigenvalue weighted by Crippen LogP contribution is -2.52. The fourth-order valence-corrected chi connectivity index (χ4v) is 4.85. The number of aliphatic hydroxyl groups excluding tert-OH is 3. The maximum atomic E-state index is 13.5. The molecular weight excluding hydrogens is 786 g/mol. The van der Waals surface area contributed by atoms with Gasteiger partial charge in [-0.05, 0) is 0 Å². The predicted octanol–water partition coefficient (Wildman–Crippen LogP) is -6.29. The minimum Gasteiger partial charge on any atom is -0.480 e. The van der Waals surface area contributed by atoms with Crippen LogP contribution in [0, 0.1) is 0 Å². The third-order valence-electron chi connectivity index (χ3n) is 7.37. The molecule has 26 nitrogen and oxygen atoms in total. The van der Waals surface area contributed by atoms with Gasteiger partial charge in [0.15, 0.2) is 18.9 Å². The van der Waals surface area contributed by atoms with Crippen molar-refractivity contribution < 1.29 is 93.7 Å². The summed E-state index contributed by atoms with van der Waals surface area (Å²) < 4.78 is 21.6. The Labute approximate surface area is 335 Å². The Hall–Kier alpha value is -4.06. The summed E-state index contributed by atoms with van der Waals surface area (Å²) in [5, 5.41) is 88.0. The number of carbonyl (C=O) groups is 6. The van der Waals surface area contributed by atoms with Crippen molar-refractivity contribution in [3.8, 4) is 0 Å². The summed E-state index contributed by atoms with van der Waals surface area (Å²) in [4.78, 5) is 76.9. The van der Waals surface area contributed by atoms with Crippen LogP contribution >= 0.6 is 0 Å². The zero-order chi connectivity index (χ0) is 43.9. The summed E-state index contributed by atoms with van der Waals surface area (Å²) in [6, 6.07) is -1.49. The fourth-order valence-electron chi connectivity index (χ4n) is 4.85. The molecule has 0 aliphatic carbocycles. The number of carbonyl (C=O) groups excluding carboxylic acids is 3. The van der Waals surface area contributed by atoms with E-state index >= 15 is 0 Å². The van der Waals surface area contributed by atoms with E-state index in [0.29, 0.717) is 0 Å². The lowest BCUT2D eigenvalue weighted by molar-refractivity contribution is -0.142. The molecule has 0 saturated carbocycles. The van der Waals surface area contributed by atoms with Crippen LogP contribution in [0.2, 0.25) is 0 Å². The number of carboxylic acids is 3. The molecule has 0 unspecified atom stereocenters. The number of amides is 5. The van der Waals surface area contributed by atoms with Crippen molar-refractivity contribution in [3.05, 3.63) is 0 Å². The average molecular weight is 848 g/mol. The second-order valence-electron chi connectivity index (χ2n) is 12.4. The van der Waals surface area contributed by atoms with Crippen molar-refractivity contribution in [3.63, 3.8) is 0 Å². The lowest BCUT2D eigenvalue weighted by atomic mass is 10.4. The predicted molar refractivity (Wildman–Crippen MR) is 196 cm³/mol. The Morgan fingerprint density at radius 2 is 0.862 bits per heavy atom. The Balaban J connectivity index is 5.03. The fraction of sp³-hybridized carbons (Fsp3) is 0.812. The third-order valence-corrected chi connectivity index (χ3v) is 7.37. The van der Waals surface area contributed by atoms with Gasteiger partial charge in [0.1, 0.15) is 6.54 Å². The van der Waals surface area contributed by atoms with E-state index in [1.807, 2.05) is 0 Å². The van der Waals surface area contributed by atoms with Crippen LogP contribution in [0.5, 0.6) is 0 Å². The highest BCUT2D eigenvalue weighted by molar-refractivity contribution is 5.80. The standard InChI is InChI=1S/C32H61N7O19/c1-24(40)33-2-4-37(32(54)39(23-30(51)52)9-13-58-17-15-56-11-7-36(20-27(45)46)21-28(47)48)5-3-34-31(53)38(22-29(49)50)8-12-57-16-14-55-10-6-35(18-25(41)42)19-26(43)44/h27-28,30,45-48,51-52H,2-23H2,1H3,(H,33,40)(H,34,53)(H,41,42)(H,43,44)(H,49,50). The summed E-state index contributed by atoms with van der Waals surface area (Å²) in [6.45, 7) is -1.59. The number of rotatable bonds is 36. The molecule has 0 aromatic carbocycles. The van der Waals surface area contributed by atoms with Gasteiger partial charge in [-0.1, -0.05) is 0 Å². The van der Waals surface area contributed by atoms with Crippen LogP contribution < -0.4 is 10.6 Å². The van der Waals surface area contributed by atoms with Crippen molar-refractivity contribution in [1.82, 2.24) is 35.1 Å². The highest BCUT2D eigenvalue weighted by atomic mass is 16.5. The van der Waals surface area contributed by atoms with Gasteiger partial charge in [-0.25, -0.2) is 9.59 Å². The van der Waals surface area contributed by atoms with Gasteiger partial charge in [-0.15, -0.1) is 0 Å². The second kappa shape index (κ2) is 32.8. The molecule has 0 fully saturated rings. The van der Waals surface area contributed by atoms with Crippen molar-refractivity contribution in [2.45, 2.75) is 25.8 Å². The molecule has 0 aromatic heterocycles. The summed E-state index contributed by atoms with van der Waals surface area (Å²) in [5.41, 5.74) is 0. The van der Waals surface area contributed by atoms with Gasteiger partial charge in [0.25, 0.3) is 0 Å². The van der Waals surface area contributed by atoms with Crippen molar-refractivity contribution in [2.75, 3.05) is 144 Å². The van der Waals surface area contributed by atoms with Crippen LogP contribution in [0.3, 0.4) is 0 Å². The Kier molecular flexibility index (Phi) is 30.5. The molecule has 338 valence electrons. The van der Waals surface area contributed by atoms with Gasteiger partial charge in [0.2, 0.25) is 5.91 Å². The molecule has 0 radical (unpaired) electrons. The number of nitrogens with zero attached hydrogens (tertiary/aromatic N) is 5. The summed E-state index contributed by atoms with van der Waals surface area (Å²) in [7, 11) is 0. The zero-order valence-corrected chi connectivity index (χ0v) is 32.6. The Morgan fingerprint density at radius 3 is 1.28 bits per heavy atom. The molecule has 11 N–H and O–H groups in total. The Bertz CT molecular complexity index is 1160. The quantitative estimate of drug-likeness (QED) is 0.0206. The zero-order valence-electron chi connectivity index (χ0n) is 32.6. The highest BCUT2D eigenvalue weighted by Gasteiger charge is 2.24. The summed E-state index contributed by atoms with van der Waals surface area (Å²) in [5.74, 6) is -4.07. The number of hydrogen-bond acceptors (Lipinski definition) is 18. The van der Waals surface area contributed by atoms with Crippen molar-refractivity contribution in [1.29, 1.82) is 0 Å². The van der Waals surface area contributed by atoms with E-state index in [2.05, 4.69) is 10.6 Å². The molecule has 0 aromatic rings. The molecule has 0 spiro atoms. The van der Waals surface area contributed by atoms with E-state index < -0.39 is 75.0 Å². The molecule has 58 heavy (non-hydrogen) atoms. The first-order valence-corrected chi connectivity index (χ1v) is 18.2. The number of aliphatic hydroxyl groups is 6. The smallest absolute Gasteiger partial charge is 0.323 e. The minimum absolute atomic E-state index is 0.0133. The monoisotopic (exact) mass is 847 g/mol. The number of urea groups is 2. The van der Waals surface area contributed by atoms with E-state index in [1.54, 1.807) is 0 Å². The normalized spacial score (nSPS) is 11.4. The maximum Gasteiger partial charge on any atom is 0.323 e. The largest absolute Gasteiger partial charge is 0.480 e. The van der Waals surface area contributed by atoms with Crippen LogP contribution in [0.25, 0.3) is 0 Å². The molecule has 0 bridgehead atoms. The number of nitrogens with one attached hydrogen (secondary N) is 2. The molecule has 26 heteroatoms. The van der Waals surface area contributed by atoms with Gasteiger partial charge in [0.05, 0.1) is 72.5 Å². The molecule has 5 amide bonds. The first-order chi connectivity index (χ1) is 27.4. The highest BCUT2D eigenvalue weighted by Crippen LogP contribution is 2.02. The van der Waals surface area contributed by atoms with E-state index in [9.17, 15) is 44.1 Å². The van der Waals surface area contributed by atoms with Gasteiger partial charge >= 0.3 is 30.0 Å². The van der Waals surface area contributed by atoms with Crippen LogP contribution in [0.4, 0.5) is 9.59 Å². The number of ether oxygens (including phenoxy) is 4. The molecule has 0 rings (SSSR count). The number of aliphatic carboxylic acids is 3. The summed E-state index contributed by atoms with van der Waals surface area (Å²) in [6.07, 6.45) is -5.29.